The number of rotatable bonds is 6. The SMILES string of the molecule is CC[C@@H](N)c1ccccc1SCCCO. The van der Waals surface area contributed by atoms with Crippen molar-refractivity contribution in [1.29, 1.82) is 0 Å². The largest absolute Gasteiger partial charge is 0.396 e. The summed E-state index contributed by atoms with van der Waals surface area (Å²) in [7, 11) is 0. The summed E-state index contributed by atoms with van der Waals surface area (Å²) in [5, 5.41) is 8.73. The van der Waals surface area contributed by atoms with Gasteiger partial charge in [-0.15, -0.1) is 11.8 Å². The molecule has 0 saturated carbocycles. The average Bonchev–Trinajstić information content (AvgIpc) is 2.29. The van der Waals surface area contributed by atoms with Crippen LogP contribution in [0.5, 0.6) is 0 Å². The van der Waals surface area contributed by atoms with Gasteiger partial charge in [0.15, 0.2) is 0 Å². The fraction of sp³-hybridized carbons (Fsp3) is 0.500. The lowest BCUT2D eigenvalue weighted by Crippen LogP contribution is -2.09. The van der Waals surface area contributed by atoms with Gasteiger partial charge in [0, 0.05) is 23.3 Å². The standard InChI is InChI=1S/C12H19NOS/c1-2-11(13)10-6-3-4-7-12(10)15-9-5-8-14/h3-4,6-7,11,14H,2,5,8-9,13H2,1H3/t11-/m1/s1. The zero-order valence-electron chi connectivity index (χ0n) is 9.15. The molecule has 1 aromatic rings. The smallest absolute Gasteiger partial charge is 0.0439 e. The second-order valence-corrected chi connectivity index (χ2v) is 4.61. The predicted molar refractivity (Wildman–Crippen MR) is 66.1 cm³/mol. The lowest BCUT2D eigenvalue weighted by atomic mass is 10.1. The Kier molecular flexibility index (Phi) is 5.76. The van der Waals surface area contributed by atoms with Crippen molar-refractivity contribution < 1.29 is 5.11 Å². The van der Waals surface area contributed by atoms with Crippen LogP contribution >= 0.6 is 11.8 Å². The number of hydrogen-bond acceptors (Lipinski definition) is 3. The van der Waals surface area contributed by atoms with E-state index in [1.54, 1.807) is 11.8 Å². The first-order chi connectivity index (χ1) is 7.29. The molecule has 0 bridgehead atoms. The maximum atomic E-state index is 8.73. The molecule has 0 amide bonds. The van der Waals surface area contributed by atoms with E-state index in [1.165, 1.54) is 10.5 Å². The summed E-state index contributed by atoms with van der Waals surface area (Å²) < 4.78 is 0. The Morgan fingerprint density at radius 3 is 2.80 bits per heavy atom. The van der Waals surface area contributed by atoms with Gasteiger partial charge in [-0.2, -0.15) is 0 Å². The van der Waals surface area contributed by atoms with E-state index in [4.69, 9.17) is 10.8 Å². The molecule has 3 heteroatoms. The molecule has 1 aromatic carbocycles. The normalized spacial score (nSPS) is 12.7. The van der Waals surface area contributed by atoms with E-state index in [0.717, 1.165) is 18.6 Å². The highest BCUT2D eigenvalue weighted by molar-refractivity contribution is 7.99. The molecule has 2 nitrogen and oxygen atoms in total. The Morgan fingerprint density at radius 2 is 2.13 bits per heavy atom. The van der Waals surface area contributed by atoms with Crippen LogP contribution in [-0.4, -0.2) is 17.5 Å². The fourth-order valence-corrected chi connectivity index (χ4v) is 2.44. The summed E-state index contributed by atoms with van der Waals surface area (Å²) >= 11 is 1.78. The van der Waals surface area contributed by atoms with Crippen LogP contribution in [0.3, 0.4) is 0 Å². The molecule has 1 rings (SSSR count). The molecule has 0 aromatic heterocycles. The van der Waals surface area contributed by atoms with Crippen molar-refractivity contribution in [3.05, 3.63) is 29.8 Å². The van der Waals surface area contributed by atoms with Crippen molar-refractivity contribution in [1.82, 2.24) is 0 Å². The lowest BCUT2D eigenvalue weighted by Gasteiger charge is -2.14. The summed E-state index contributed by atoms with van der Waals surface area (Å²) in [4.78, 5) is 1.25. The summed E-state index contributed by atoms with van der Waals surface area (Å²) in [5.41, 5.74) is 7.26. The van der Waals surface area contributed by atoms with Crippen LogP contribution in [0.4, 0.5) is 0 Å². The van der Waals surface area contributed by atoms with Gasteiger partial charge in [-0.25, -0.2) is 0 Å². The monoisotopic (exact) mass is 225 g/mol. The van der Waals surface area contributed by atoms with Gasteiger partial charge in [0.25, 0.3) is 0 Å². The van der Waals surface area contributed by atoms with Crippen molar-refractivity contribution in [3.63, 3.8) is 0 Å². The lowest BCUT2D eigenvalue weighted by molar-refractivity contribution is 0.296. The van der Waals surface area contributed by atoms with Crippen molar-refractivity contribution in [2.75, 3.05) is 12.4 Å². The quantitative estimate of drug-likeness (QED) is 0.578. The van der Waals surface area contributed by atoms with Crippen LogP contribution in [0.2, 0.25) is 0 Å². The molecule has 84 valence electrons. The van der Waals surface area contributed by atoms with Crippen molar-refractivity contribution in [3.8, 4) is 0 Å². The van der Waals surface area contributed by atoms with Gasteiger partial charge in [0.1, 0.15) is 0 Å². The molecule has 0 spiro atoms. The second kappa shape index (κ2) is 6.88. The Morgan fingerprint density at radius 1 is 1.40 bits per heavy atom. The molecule has 0 aliphatic rings. The zero-order chi connectivity index (χ0) is 11.1. The summed E-state index contributed by atoms with van der Waals surface area (Å²) in [6.45, 7) is 2.36. The van der Waals surface area contributed by atoms with E-state index >= 15 is 0 Å². The Hall–Kier alpha value is -0.510. The average molecular weight is 225 g/mol. The molecule has 0 fully saturated rings. The molecular weight excluding hydrogens is 206 g/mol. The Labute approximate surface area is 95.9 Å². The summed E-state index contributed by atoms with van der Waals surface area (Å²) in [5.74, 6) is 0.948. The van der Waals surface area contributed by atoms with Crippen LogP contribution in [0.1, 0.15) is 31.4 Å². The van der Waals surface area contributed by atoms with E-state index in [0.29, 0.717) is 0 Å². The molecule has 15 heavy (non-hydrogen) atoms. The third-order valence-electron chi connectivity index (χ3n) is 2.32. The number of nitrogens with two attached hydrogens (primary N) is 1. The van der Waals surface area contributed by atoms with Gasteiger partial charge in [-0.05, 0) is 24.5 Å². The number of thioether (sulfide) groups is 1. The summed E-state index contributed by atoms with van der Waals surface area (Å²) in [6, 6.07) is 8.39. The third kappa shape index (κ3) is 3.86. The van der Waals surface area contributed by atoms with Crippen LogP contribution in [0, 0.1) is 0 Å². The molecule has 0 aliphatic carbocycles. The van der Waals surface area contributed by atoms with Gasteiger partial charge in [-0.3, -0.25) is 0 Å². The minimum absolute atomic E-state index is 0.128. The minimum Gasteiger partial charge on any atom is -0.396 e. The molecule has 0 aliphatic heterocycles. The first kappa shape index (κ1) is 12.6. The highest BCUT2D eigenvalue weighted by Crippen LogP contribution is 2.28. The number of aliphatic hydroxyl groups is 1. The van der Waals surface area contributed by atoms with E-state index in [9.17, 15) is 0 Å². The van der Waals surface area contributed by atoms with E-state index in [-0.39, 0.29) is 12.6 Å². The van der Waals surface area contributed by atoms with E-state index < -0.39 is 0 Å². The molecule has 3 N–H and O–H groups in total. The number of aliphatic hydroxyl groups excluding tert-OH is 1. The molecule has 1 atom stereocenters. The molecule has 0 radical (unpaired) electrons. The van der Waals surface area contributed by atoms with Crippen LogP contribution in [-0.2, 0) is 0 Å². The molecule has 0 heterocycles. The topological polar surface area (TPSA) is 46.2 Å². The predicted octanol–water partition coefficient (Wildman–Crippen LogP) is 2.57. The molecular formula is C12H19NOS. The minimum atomic E-state index is 0.128. The first-order valence-corrected chi connectivity index (χ1v) is 6.36. The highest BCUT2D eigenvalue weighted by Gasteiger charge is 2.08. The maximum Gasteiger partial charge on any atom is 0.0439 e. The van der Waals surface area contributed by atoms with Gasteiger partial charge in [-0.1, -0.05) is 25.1 Å². The Bertz CT molecular complexity index is 291. The van der Waals surface area contributed by atoms with Crippen molar-refractivity contribution in [2.24, 2.45) is 5.73 Å². The van der Waals surface area contributed by atoms with Crippen LogP contribution in [0.15, 0.2) is 29.2 Å². The maximum absolute atomic E-state index is 8.73. The van der Waals surface area contributed by atoms with Crippen LogP contribution in [0.25, 0.3) is 0 Å². The zero-order valence-corrected chi connectivity index (χ0v) is 9.96. The molecule has 0 saturated heterocycles. The van der Waals surface area contributed by atoms with Crippen LogP contribution < -0.4 is 5.73 Å². The van der Waals surface area contributed by atoms with Gasteiger partial charge in [0.2, 0.25) is 0 Å². The second-order valence-electron chi connectivity index (χ2n) is 3.48. The highest BCUT2D eigenvalue weighted by atomic mass is 32.2. The van der Waals surface area contributed by atoms with Crippen molar-refractivity contribution in [2.45, 2.75) is 30.7 Å². The first-order valence-electron chi connectivity index (χ1n) is 5.37. The van der Waals surface area contributed by atoms with Crippen molar-refractivity contribution >= 4 is 11.8 Å². The van der Waals surface area contributed by atoms with E-state index in [1.807, 2.05) is 12.1 Å². The third-order valence-corrected chi connectivity index (χ3v) is 3.49. The van der Waals surface area contributed by atoms with Gasteiger partial charge >= 0.3 is 0 Å². The Balaban J connectivity index is 2.68. The van der Waals surface area contributed by atoms with E-state index in [2.05, 4.69) is 19.1 Å². The number of benzene rings is 1. The fourth-order valence-electron chi connectivity index (χ4n) is 1.38. The summed E-state index contributed by atoms with van der Waals surface area (Å²) in [6.07, 6.45) is 1.79. The molecule has 0 unspecified atom stereocenters. The van der Waals surface area contributed by atoms with Gasteiger partial charge in [0.05, 0.1) is 0 Å². The van der Waals surface area contributed by atoms with Gasteiger partial charge < -0.3 is 10.8 Å². The number of hydrogen-bond donors (Lipinski definition) is 2.